The monoisotopic (exact) mass is 403 g/mol. The summed E-state index contributed by atoms with van der Waals surface area (Å²) < 4.78 is 7.83. The van der Waals surface area contributed by atoms with Crippen LogP contribution in [0.5, 0.6) is 0 Å². The molecule has 1 aliphatic carbocycles. The van der Waals surface area contributed by atoms with Crippen molar-refractivity contribution in [2.45, 2.75) is 77.5 Å². The van der Waals surface area contributed by atoms with E-state index in [1.165, 1.54) is 19.3 Å². The van der Waals surface area contributed by atoms with Crippen LogP contribution in [0.15, 0.2) is 12.4 Å². The number of aromatic nitrogens is 3. The van der Waals surface area contributed by atoms with Crippen LogP contribution in [0.2, 0.25) is 25.7 Å². The molecule has 0 atom stereocenters. The Labute approximate surface area is 168 Å². The van der Waals surface area contributed by atoms with E-state index in [4.69, 9.17) is 4.74 Å². The lowest BCUT2D eigenvalue weighted by molar-refractivity contribution is 0.0898. The number of fused-ring (bicyclic) bond motifs is 1. The molecule has 0 unspecified atom stereocenters. The molecule has 2 aromatic rings. The summed E-state index contributed by atoms with van der Waals surface area (Å²) in [5, 5.41) is 5.87. The maximum atomic E-state index is 12.3. The van der Waals surface area contributed by atoms with Crippen molar-refractivity contribution in [1.29, 1.82) is 0 Å². The van der Waals surface area contributed by atoms with E-state index in [0.29, 0.717) is 12.5 Å². The minimum absolute atomic E-state index is 0.202. The largest absolute Gasteiger partial charge is 0.361 e. The Kier molecular flexibility index (Phi) is 6.72. The third kappa shape index (κ3) is 5.78. The molecule has 0 aliphatic heterocycles. The first-order valence-electron chi connectivity index (χ1n) is 10.3. The van der Waals surface area contributed by atoms with Crippen molar-refractivity contribution in [3.63, 3.8) is 0 Å². The SMILES string of the molecule is Cc1cn(COCC[Si](C)(C)C)c2ncc(NC(=O)NC3CCCCC3)nc12. The zero-order chi connectivity index (χ0) is 20.1. The van der Waals surface area contributed by atoms with Gasteiger partial charge in [0.05, 0.1) is 6.20 Å². The standard InChI is InChI=1S/C20H33N5O2Si/c1-15-13-25(14-27-10-11-28(2,3)4)19-18(15)23-17(12-21-19)24-20(26)22-16-8-6-5-7-9-16/h12-13,16H,5-11,14H2,1-4H3,(H2,22,23,24,26). The molecule has 0 spiro atoms. The van der Waals surface area contributed by atoms with Gasteiger partial charge in [0.25, 0.3) is 0 Å². The predicted molar refractivity (Wildman–Crippen MR) is 115 cm³/mol. The fourth-order valence-corrected chi connectivity index (χ4v) is 4.25. The number of urea groups is 1. The summed E-state index contributed by atoms with van der Waals surface area (Å²) in [6, 6.07) is 1.20. The number of anilines is 1. The molecule has 8 heteroatoms. The predicted octanol–water partition coefficient (Wildman–Crippen LogP) is 4.51. The van der Waals surface area contributed by atoms with E-state index < -0.39 is 8.07 Å². The number of carbonyl (C=O) groups excluding carboxylic acids is 1. The molecule has 0 saturated heterocycles. The molecule has 1 saturated carbocycles. The minimum Gasteiger partial charge on any atom is -0.361 e. The molecule has 3 rings (SSSR count). The number of nitrogens with zero attached hydrogens (tertiary/aromatic N) is 3. The lowest BCUT2D eigenvalue weighted by Gasteiger charge is -2.22. The first-order valence-corrected chi connectivity index (χ1v) is 14.0. The minimum atomic E-state index is -1.09. The molecule has 2 N–H and O–H groups in total. The third-order valence-corrected chi connectivity index (χ3v) is 6.86. The van der Waals surface area contributed by atoms with Crippen molar-refractivity contribution >= 4 is 31.1 Å². The van der Waals surface area contributed by atoms with Crippen molar-refractivity contribution in [3.05, 3.63) is 18.0 Å². The van der Waals surface area contributed by atoms with Crippen LogP contribution in [0.25, 0.3) is 11.2 Å². The second kappa shape index (κ2) is 9.04. The van der Waals surface area contributed by atoms with E-state index in [-0.39, 0.29) is 12.1 Å². The molecule has 2 heterocycles. The number of hydrogen-bond donors (Lipinski definition) is 2. The zero-order valence-electron chi connectivity index (χ0n) is 17.5. The molecule has 2 amide bonds. The highest BCUT2D eigenvalue weighted by molar-refractivity contribution is 6.76. The van der Waals surface area contributed by atoms with Crippen molar-refractivity contribution < 1.29 is 9.53 Å². The average molecular weight is 404 g/mol. The first kappa shape index (κ1) is 20.8. The van der Waals surface area contributed by atoms with Crippen LogP contribution in [0.3, 0.4) is 0 Å². The summed E-state index contributed by atoms with van der Waals surface area (Å²) in [5.74, 6) is 0.473. The van der Waals surface area contributed by atoms with Gasteiger partial charge >= 0.3 is 6.03 Å². The molecule has 2 aromatic heterocycles. The molecular weight excluding hydrogens is 370 g/mol. The third-order valence-electron chi connectivity index (χ3n) is 5.16. The maximum absolute atomic E-state index is 12.3. The van der Waals surface area contributed by atoms with Gasteiger partial charge in [-0.25, -0.2) is 14.8 Å². The van der Waals surface area contributed by atoms with Gasteiger partial charge in [0.1, 0.15) is 12.2 Å². The molecule has 0 radical (unpaired) electrons. The number of carbonyl (C=O) groups is 1. The molecular formula is C20H33N5O2Si. The van der Waals surface area contributed by atoms with Gasteiger partial charge in [-0.1, -0.05) is 38.9 Å². The van der Waals surface area contributed by atoms with Crippen LogP contribution in [-0.2, 0) is 11.5 Å². The summed E-state index contributed by atoms with van der Waals surface area (Å²) in [6.07, 6.45) is 9.36. The van der Waals surface area contributed by atoms with Crippen LogP contribution >= 0.6 is 0 Å². The number of hydrogen-bond acceptors (Lipinski definition) is 4. The van der Waals surface area contributed by atoms with E-state index in [9.17, 15) is 4.79 Å². The van der Waals surface area contributed by atoms with Crippen molar-refractivity contribution in [1.82, 2.24) is 19.9 Å². The van der Waals surface area contributed by atoms with Crippen LogP contribution in [0.4, 0.5) is 10.6 Å². The Balaban J connectivity index is 1.60. The fraction of sp³-hybridized carbons (Fsp3) is 0.650. The zero-order valence-corrected chi connectivity index (χ0v) is 18.5. The summed E-state index contributed by atoms with van der Waals surface area (Å²) >= 11 is 0. The smallest absolute Gasteiger partial charge is 0.320 e. The quantitative estimate of drug-likeness (QED) is 0.526. The van der Waals surface area contributed by atoms with Gasteiger partial charge in [0.15, 0.2) is 11.5 Å². The Morgan fingerprint density at radius 2 is 2.04 bits per heavy atom. The molecule has 154 valence electrons. The maximum Gasteiger partial charge on any atom is 0.320 e. The summed E-state index contributed by atoms with van der Waals surface area (Å²) in [5.41, 5.74) is 2.60. The average Bonchev–Trinajstić information content (AvgIpc) is 2.94. The highest BCUT2D eigenvalue weighted by atomic mass is 28.3. The summed E-state index contributed by atoms with van der Waals surface area (Å²) in [7, 11) is -1.09. The van der Waals surface area contributed by atoms with Crippen molar-refractivity contribution in [2.24, 2.45) is 0 Å². The van der Waals surface area contributed by atoms with E-state index in [2.05, 4.69) is 40.2 Å². The Hall–Kier alpha value is -1.93. The van der Waals surface area contributed by atoms with Crippen LogP contribution in [0.1, 0.15) is 37.7 Å². The lowest BCUT2D eigenvalue weighted by Crippen LogP contribution is -2.39. The Morgan fingerprint density at radius 3 is 2.75 bits per heavy atom. The van der Waals surface area contributed by atoms with Gasteiger partial charge in [0.2, 0.25) is 0 Å². The lowest BCUT2D eigenvalue weighted by atomic mass is 9.96. The number of ether oxygens (including phenoxy) is 1. The van der Waals surface area contributed by atoms with Crippen LogP contribution < -0.4 is 10.6 Å². The van der Waals surface area contributed by atoms with Gasteiger partial charge in [-0.3, -0.25) is 5.32 Å². The van der Waals surface area contributed by atoms with Crippen molar-refractivity contribution in [3.8, 4) is 0 Å². The summed E-state index contributed by atoms with van der Waals surface area (Å²) in [6.45, 7) is 10.3. The highest BCUT2D eigenvalue weighted by Gasteiger charge is 2.17. The Morgan fingerprint density at radius 1 is 1.29 bits per heavy atom. The summed E-state index contributed by atoms with van der Waals surface area (Å²) in [4.78, 5) is 21.4. The molecule has 0 bridgehead atoms. The number of rotatable bonds is 7. The highest BCUT2D eigenvalue weighted by Crippen LogP contribution is 2.20. The van der Waals surface area contributed by atoms with Crippen LogP contribution in [0, 0.1) is 6.92 Å². The number of aryl methyl sites for hydroxylation is 1. The topological polar surface area (TPSA) is 81.1 Å². The second-order valence-corrected chi connectivity index (χ2v) is 14.6. The van der Waals surface area contributed by atoms with Crippen molar-refractivity contribution in [2.75, 3.05) is 11.9 Å². The normalized spacial score (nSPS) is 15.7. The van der Waals surface area contributed by atoms with Gasteiger partial charge in [-0.2, -0.15) is 0 Å². The van der Waals surface area contributed by atoms with E-state index in [1.807, 2.05) is 17.7 Å². The van der Waals surface area contributed by atoms with Gasteiger partial charge < -0.3 is 14.6 Å². The number of amides is 2. The van der Waals surface area contributed by atoms with E-state index in [0.717, 1.165) is 42.2 Å². The molecule has 1 fully saturated rings. The van der Waals surface area contributed by atoms with Crippen LogP contribution in [-0.4, -0.2) is 41.3 Å². The second-order valence-electron chi connectivity index (χ2n) is 8.99. The Bertz CT molecular complexity index is 809. The van der Waals surface area contributed by atoms with E-state index >= 15 is 0 Å². The molecule has 0 aromatic carbocycles. The van der Waals surface area contributed by atoms with Gasteiger partial charge in [0, 0.05) is 26.9 Å². The number of nitrogens with one attached hydrogen (secondary N) is 2. The molecule has 28 heavy (non-hydrogen) atoms. The first-order chi connectivity index (χ1) is 13.3. The fourth-order valence-electron chi connectivity index (χ4n) is 3.50. The molecule has 7 nitrogen and oxygen atoms in total. The van der Waals surface area contributed by atoms with Gasteiger partial charge in [-0.05, 0) is 31.4 Å². The van der Waals surface area contributed by atoms with Gasteiger partial charge in [-0.15, -0.1) is 0 Å². The molecule has 1 aliphatic rings. The van der Waals surface area contributed by atoms with E-state index in [1.54, 1.807) is 6.20 Å².